The maximum atomic E-state index is 12.1. The summed E-state index contributed by atoms with van der Waals surface area (Å²) in [6, 6.07) is 0. The summed E-state index contributed by atoms with van der Waals surface area (Å²) in [4.78, 5) is 13.9. The van der Waals surface area contributed by atoms with Gasteiger partial charge in [0.1, 0.15) is 0 Å². The molecule has 0 bridgehead atoms. The van der Waals surface area contributed by atoms with E-state index in [9.17, 15) is 13.2 Å². The topological polar surface area (TPSA) is 54.5 Å². The van der Waals surface area contributed by atoms with E-state index in [1.165, 1.54) is 0 Å². The quantitative estimate of drug-likeness (QED) is 0.682. The molecule has 2 rings (SSSR count). The molecule has 1 atom stereocenters. The fraction of sp³-hybridized carbons (Fsp3) is 0.909. The van der Waals surface area contributed by atoms with Crippen LogP contribution in [0, 0.1) is 11.8 Å². The molecule has 0 aromatic heterocycles. The van der Waals surface area contributed by atoms with E-state index in [0.717, 1.165) is 25.9 Å². The van der Waals surface area contributed by atoms with Crippen molar-refractivity contribution in [3.8, 4) is 0 Å². The molecule has 2 heterocycles. The summed E-state index contributed by atoms with van der Waals surface area (Å²) in [5.41, 5.74) is 0. The van der Waals surface area contributed by atoms with E-state index in [0.29, 0.717) is 12.3 Å². The lowest BCUT2D eigenvalue weighted by atomic mass is 9.97. The second-order valence-electron chi connectivity index (χ2n) is 5.11. The normalized spacial score (nSPS) is 30.6. The van der Waals surface area contributed by atoms with Crippen LogP contribution in [0.3, 0.4) is 0 Å². The molecule has 92 valence electrons. The van der Waals surface area contributed by atoms with E-state index in [-0.39, 0.29) is 23.3 Å². The van der Waals surface area contributed by atoms with Crippen LogP contribution >= 0.6 is 0 Å². The molecule has 0 saturated carbocycles. The molecule has 4 nitrogen and oxygen atoms in total. The van der Waals surface area contributed by atoms with Gasteiger partial charge in [0.25, 0.3) is 0 Å². The van der Waals surface area contributed by atoms with Crippen molar-refractivity contribution in [2.24, 2.45) is 11.8 Å². The SMILES string of the molecule is CC1CCN(C(=O)C2CCS(=O)(=O)C2)CC1. The Balaban J connectivity index is 1.93. The first kappa shape index (κ1) is 11.9. The molecule has 0 spiro atoms. The monoisotopic (exact) mass is 245 g/mol. The Labute approximate surface area is 96.9 Å². The van der Waals surface area contributed by atoms with Crippen molar-refractivity contribution in [1.82, 2.24) is 4.90 Å². The van der Waals surface area contributed by atoms with Crippen molar-refractivity contribution in [2.45, 2.75) is 26.2 Å². The van der Waals surface area contributed by atoms with Gasteiger partial charge in [-0.05, 0) is 25.2 Å². The van der Waals surface area contributed by atoms with Crippen molar-refractivity contribution in [1.29, 1.82) is 0 Å². The highest BCUT2D eigenvalue weighted by Crippen LogP contribution is 2.23. The minimum absolute atomic E-state index is 0.0629. The molecule has 0 aromatic rings. The minimum Gasteiger partial charge on any atom is -0.342 e. The van der Waals surface area contributed by atoms with Crippen LogP contribution in [-0.2, 0) is 14.6 Å². The second-order valence-corrected chi connectivity index (χ2v) is 7.34. The van der Waals surface area contributed by atoms with Crippen molar-refractivity contribution in [3.05, 3.63) is 0 Å². The smallest absolute Gasteiger partial charge is 0.226 e. The molecule has 1 unspecified atom stereocenters. The fourth-order valence-corrected chi connectivity index (χ4v) is 4.21. The molecule has 2 aliphatic heterocycles. The van der Waals surface area contributed by atoms with Crippen molar-refractivity contribution >= 4 is 15.7 Å². The predicted molar refractivity (Wildman–Crippen MR) is 61.7 cm³/mol. The van der Waals surface area contributed by atoms with Gasteiger partial charge in [0.2, 0.25) is 5.91 Å². The molecular weight excluding hydrogens is 226 g/mol. The number of hydrogen-bond acceptors (Lipinski definition) is 3. The van der Waals surface area contributed by atoms with Crippen molar-refractivity contribution in [2.75, 3.05) is 24.6 Å². The maximum absolute atomic E-state index is 12.1. The van der Waals surface area contributed by atoms with Crippen LogP contribution in [0.15, 0.2) is 0 Å². The van der Waals surface area contributed by atoms with Gasteiger partial charge in [0, 0.05) is 13.1 Å². The lowest BCUT2D eigenvalue weighted by Crippen LogP contribution is -2.41. The van der Waals surface area contributed by atoms with Gasteiger partial charge in [-0.3, -0.25) is 4.79 Å². The lowest BCUT2D eigenvalue weighted by molar-refractivity contribution is -0.136. The Bertz CT molecular complexity index is 369. The number of carbonyl (C=O) groups is 1. The van der Waals surface area contributed by atoms with Crippen LogP contribution < -0.4 is 0 Å². The summed E-state index contributed by atoms with van der Waals surface area (Å²) < 4.78 is 22.6. The van der Waals surface area contributed by atoms with Crippen LogP contribution in [0.4, 0.5) is 0 Å². The molecular formula is C11H19NO3S. The number of hydrogen-bond donors (Lipinski definition) is 0. The van der Waals surface area contributed by atoms with Gasteiger partial charge < -0.3 is 4.90 Å². The zero-order valence-electron chi connectivity index (χ0n) is 9.68. The Morgan fingerprint density at radius 2 is 1.81 bits per heavy atom. The van der Waals surface area contributed by atoms with Gasteiger partial charge in [0.05, 0.1) is 17.4 Å². The zero-order chi connectivity index (χ0) is 11.8. The number of likely N-dealkylation sites (tertiary alicyclic amines) is 1. The number of amides is 1. The first-order valence-corrected chi connectivity index (χ1v) is 7.79. The first-order chi connectivity index (χ1) is 7.48. The van der Waals surface area contributed by atoms with Gasteiger partial charge in [0.15, 0.2) is 9.84 Å². The molecule has 0 aromatic carbocycles. The van der Waals surface area contributed by atoms with Gasteiger partial charge in [-0.15, -0.1) is 0 Å². The van der Waals surface area contributed by atoms with E-state index in [1.807, 2.05) is 4.90 Å². The Morgan fingerprint density at radius 1 is 1.19 bits per heavy atom. The van der Waals surface area contributed by atoms with Gasteiger partial charge in [-0.1, -0.05) is 6.92 Å². The lowest BCUT2D eigenvalue weighted by Gasteiger charge is -2.31. The average molecular weight is 245 g/mol. The highest BCUT2D eigenvalue weighted by Gasteiger charge is 2.35. The third kappa shape index (κ3) is 2.56. The largest absolute Gasteiger partial charge is 0.342 e. The summed E-state index contributed by atoms with van der Waals surface area (Å²) in [7, 11) is -2.94. The third-order valence-electron chi connectivity index (χ3n) is 3.68. The van der Waals surface area contributed by atoms with E-state index >= 15 is 0 Å². The first-order valence-electron chi connectivity index (χ1n) is 5.97. The van der Waals surface area contributed by atoms with Crippen molar-refractivity contribution in [3.63, 3.8) is 0 Å². The summed E-state index contributed by atoms with van der Waals surface area (Å²) in [6.45, 7) is 3.80. The van der Waals surface area contributed by atoms with Crippen molar-refractivity contribution < 1.29 is 13.2 Å². The van der Waals surface area contributed by atoms with E-state index < -0.39 is 9.84 Å². The maximum Gasteiger partial charge on any atom is 0.226 e. The molecule has 2 fully saturated rings. The average Bonchev–Trinajstić information content (AvgIpc) is 2.59. The second kappa shape index (κ2) is 4.35. The number of carbonyl (C=O) groups excluding carboxylic acids is 1. The summed E-state index contributed by atoms with van der Waals surface area (Å²) in [6.07, 6.45) is 2.61. The van der Waals surface area contributed by atoms with Crippen LogP contribution in [0.25, 0.3) is 0 Å². The standard InChI is InChI=1S/C11H19NO3S/c1-9-2-5-12(6-3-9)11(13)10-4-7-16(14,15)8-10/h9-10H,2-8H2,1H3. The fourth-order valence-electron chi connectivity index (χ4n) is 2.48. The van der Waals surface area contributed by atoms with Gasteiger partial charge >= 0.3 is 0 Å². The Hall–Kier alpha value is -0.580. The highest BCUT2D eigenvalue weighted by molar-refractivity contribution is 7.91. The summed E-state index contributed by atoms with van der Waals surface area (Å²) in [5.74, 6) is 0.744. The molecule has 1 amide bonds. The van der Waals surface area contributed by atoms with Crippen LogP contribution in [0.1, 0.15) is 26.2 Å². The molecule has 5 heteroatoms. The minimum atomic E-state index is -2.94. The van der Waals surface area contributed by atoms with Gasteiger partial charge in [-0.25, -0.2) is 8.42 Å². The Kier molecular flexibility index (Phi) is 3.24. The predicted octanol–water partition coefficient (Wildman–Crippen LogP) is 0.680. The highest BCUT2D eigenvalue weighted by atomic mass is 32.2. The number of piperidine rings is 1. The molecule has 2 saturated heterocycles. The van der Waals surface area contributed by atoms with Gasteiger partial charge in [-0.2, -0.15) is 0 Å². The van der Waals surface area contributed by atoms with Crippen LogP contribution in [-0.4, -0.2) is 43.8 Å². The number of sulfone groups is 1. The van der Waals surface area contributed by atoms with E-state index in [2.05, 4.69) is 6.92 Å². The Morgan fingerprint density at radius 3 is 2.31 bits per heavy atom. The molecule has 2 aliphatic rings. The van der Waals surface area contributed by atoms with E-state index in [4.69, 9.17) is 0 Å². The molecule has 0 N–H and O–H groups in total. The van der Waals surface area contributed by atoms with E-state index in [1.54, 1.807) is 0 Å². The van der Waals surface area contributed by atoms with Crippen LogP contribution in [0.2, 0.25) is 0 Å². The molecule has 16 heavy (non-hydrogen) atoms. The zero-order valence-corrected chi connectivity index (χ0v) is 10.5. The van der Waals surface area contributed by atoms with Crippen LogP contribution in [0.5, 0.6) is 0 Å². The third-order valence-corrected chi connectivity index (χ3v) is 5.44. The molecule has 0 aliphatic carbocycles. The summed E-state index contributed by atoms with van der Waals surface area (Å²) >= 11 is 0. The summed E-state index contributed by atoms with van der Waals surface area (Å²) in [5, 5.41) is 0. The molecule has 0 radical (unpaired) electrons. The number of rotatable bonds is 1. The number of nitrogens with zero attached hydrogens (tertiary/aromatic N) is 1.